The predicted octanol–water partition coefficient (Wildman–Crippen LogP) is 4.22. The van der Waals surface area contributed by atoms with E-state index in [-0.39, 0.29) is 25.5 Å². The molecule has 2 amide bonds. The van der Waals surface area contributed by atoms with Gasteiger partial charge in [-0.1, -0.05) is 22.0 Å². The molecule has 1 N–H and O–H groups in total. The lowest BCUT2D eigenvalue weighted by Crippen LogP contribution is -2.28. The molecule has 0 unspecified atom stereocenters. The smallest absolute Gasteiger partial charge is 0.311 e. The maximum atomic E-state index is 12.4. The van der Waals surface area contributed by atoms with Crippen LogP contribution in [0.15, 0.2) is 34.8 Å². The van der Waals surface area contributed by atoms with Crippen LogP contribution in [0, 0.1) is 33.6 Å². The van der Waals surface area contributed by atoms with Crippen LogP contribution in [0.3, 0.4) is 0 Å². The van der Waals surface area contributed by atoms with Gasteiger partial charge in [-0.2, -0.15) is 0 Å². The molecule has 30 heavy (non-hydrogen) atoms. The Morgan fingerprint density at radius 1 is 1.10 bits per heavy atom. The molecule has 0 aromatic heterocycles. The number of ether oxygens (including phenoxy) is 1. The van der Waals surface area contributed by atoms with Gasteiger partial charge in [-0.25, -0.2) is 0 Å². The number of carbonyl (C=O) groups excluding carboxylic acids is 3. The second-order valence-electron chi connectivity index (χ2n) is 7.75. The van der Waals surface area contributed by atoms with Crippen LogP contribution in [-0.4, -0.2) is 30.9 Å². The van der Waals surface area contributed by atoms with Gasteiger partial charge in [0.05, 0.1) is 5.92 Å². The zero-order valence-electron chi connectivity index (χ0n) is 17.5. The van der Waals surface area contributed by atoms with Crippen LogP contribution in [-0.2, 0) is 19.1 Å². The lowest BCUT2D eigenvalue weighted by atomic mass is 10.1. The number of carbonyl (C=O) groups is 3. The number of benzene rings is 2. The zero-order chi connectivity index (χ0) is 22.0. The molecular formula is C23H25BrN2O4. The number of anilines is 2. The van der Waals surface area contributed by atoms with Crippen LogP contribution in [0.5, 0.6) is 0 Å². The molecule has 6 nitrogen and oxygen atoms in total. The number of esters is 1. The van der Waals surface area contributed by atoms with Gasteiger partial charge in [-0.3, -0.25) is 14.4 Å². The van der Waals surface area contributed by atoms with E-state index in [1.807, 2.05) is 52.0 Å². The molecular weight excluding hydrogens is 448 g/mol. The minimum absolute atomic E-state index is 0.0818. The molecule has 0 bridgehead atoms. The van der Waals surface area contributed by atoms with E-state index in [0.29, 0.717) is 5.69 Å². The molecule has 0 saturated carbocycles. The number of halogens is 1. The summed E-state index contributed by atoms with van der Waals surface area (Å²) in [4.78, 5) is 38.7. The van der Waals surface area contributed by atoms with Crippen LogP contribution in [0.2, 0.25) is 0 Å². The van der Waals surface area contributed by atoms with E-state index < -0.39 is 17.8 Å². The van der Waals surface area contributed by atoms with E-state index in [1.54, 1.807) is 11.0 Å². The van der Waals surface area contributed by atoms with Crippen molar-refractivity contribution >= 4 is 45.1 Å². The summed E-state index contributed by atoms with van der Waals surface area (Å²) in [7, 11) is 0. The Kier molecular flexibility index (Phi) is 6.61. The first-order valence-corrected chi connectivity index (χ1v) is 10.6. The van der Waals surface area contributed by atoms with E-state index in [2.05, 4.69) is 21.2 Å². The van der Waals surface area contributed by atoms with Gasteiger partial charge in [-0.05, 0) is 74.2 Å². The highest BCUT2D eigenvalue weighted by Gasteiger charge is 2.36. The van der Waals surface area contributed by atoms with Gasteiger partial charge in [0.25, 0.3) is 5.91 Å². The molecule has 1 fully saturated rings. The van der Waals surface area contributed by atoms with Crippen molar-refractivity contribution in [2.24, 2.45) is 5.92 Å². The summed E-state index contributed by atoms with van der Waals surface area (Å²) in [5.74, 6) is -1.65. The van der Waals surface area contributed by atoms with Crippen molar-refractivity contribution in [1.82, 2.24) is 0 Å². The van der Waals surface area contributed by atoms with Crippen LogP contribution in [0.4, 0.5) is 11.4 Å². The Morgan fingerprint density at radius 3 is 2.43 bits per heavy atom. The number of rotatable bonds is 5. The third kappa shape index (κ3) is 4.90. The standard InChI is InChI=1S/C23H25BrN2O4/c1-13-7-14(2)9-18(8-13)26-11-17(10-22(26)28)23(29)30-12-21(27)25-20-6-5-19(24)15(3)16(20)4/h5-9,17H,10-12H2,1-4H3,(H,25,27)/t17-/m1/s1. The lowest BCUT2D eigenvalue weighted by molar-refractivity contribution is -0.151. The van der Waals surface area contributed by atoms with Gasteiger partial charge < -0.3 is 15.0 Å². The molecule has 0 spiro atoms. The van der Waals surface area contributed by atoms with Crippen LogP contribution in [0.25, 0.3) is 0 Å². The average molecular weight is 473 g/mol. The molecule has 0 radical (unpaired) electrons. The summed E-state index contributed by atoms with van der Waals surface area (Å²) in [6.45, 7) is 7.67. The first kappa shape index (κ1) is 22.0. The summed E-state index contributed by atoms with van der Waals surface area (Å²) in [5.41, 5.74) is 5.54. The van der Waals surface area contributed by atoms with Crippen molar-refractivity contribution in [3.05, 3.63) is 57.1 Å². The molecule has 1 aliphatic rings. The molecule has 0 aliphatic carbocycles. The fraction of sp³-hybridized carbons (Fsp3) is 0.348. The first-order valence-electron chi connectivity index (χ1n) is 9.76. The van der Waals surface area contributed by atoms with Crippen LogP contribution >= 0.6 is 15.9 Å². The molecule has 1 saturated heterocycles. The van der Waals surface area contributed by atoms with E-state index in [1.165, 1.54) is 0 Å². The van der Waals surface area contributed by atoms with Crippen molar-refractivity contribution in [3.8, 4) is 0 Å². The van der Waals surface area contributed by atoms with Gasteiger partial charge >= 0.3 is 5.97 Å². The van der Waals surface area contributed by atoms with Crippen molar-refractivity contribution < 1.29 is 19.1 Å². The molecule has 1 aliphatic heterocycles. The number of amides is 2. The molecule has 2 aromatic carbocycles. The number of nitrogens with one attached hydrogen (secondary N) is 1. The number of hydrogen-bond donors (Lipinski definition) is 1. The highest BCUT2D eigenvalue weighted by molar-refractivity contribution is 9.10. The van der Waals surface area contributed by atoms with Gasteiger partial charge in [0.1, 0.15) is 0 Å². The van der Waals surface area contributed by atoms with Gasteiger partial charge in [-0.15, -0.1) is 0 Å². The number of aryl methyl sites for hydroxylation is 2. The van der Waals surface area contributed by atoms with E-state index in [0.717, 1.165) is 32.4 Å². The molecule has 3 rings (SSSR count). The van der Waals surface area contributed by atoms with Gasteiger partial charge in [0, 0.05) is 28.8 Å². The second kappa shape index (κ2) is 9.00. The Hall–Kier alpha value is -2.67. The van der Waals surface area contributed by atoms with E-state index in [4.69, 9.17) is 4.74 Å². The maximum Gasteiger partial charge on any atom is 0.311 e. The quantitative estimate of drug-likeness (QED) is 0.660. The molecule has 1 atom stereocenters. The highest BCUT2D eigenvalue weighted by atomic mass is 79.9. The third-order valence-electron chi connectivity index (χ3n) is 5.32. The molecule has 158 valence electrons. The fourth-order valence-electron chi connectivity index (χ4n) is 3.59. The van der Waals surface area contributed by atoms with Gasteiger partial charge in [0.15, 0.2) is 6.61 Å². The maximum absolute atomic E-state index is 12.4. The average Bonchev–Trinajstić information content (AvgIpc) is 3.07. The monoisotopic (exact) mass is 472 g/mol. The van der Waals surface area contributed by atoms with Crippen molar-refractivity contribution in [2.45, 2.75) is 34.1 Å². The summed E-state index contributed by atoms with van der Waals surface area (Å²) in [5, 5.41) is 2.77. The Bertz CT molecular complexity index is 998. The predicted molar refractivity (Wildman–Crippen MR) is 120 cm³/mol. The number of hydrogen-bond acceptors (Lipinski definition) is 4. The Labute approximate surface area is 184 Å². The molecule has 7 heteroatoms. The largest absolute Gasteiger partial charge is 0.455 e. The molecule has 2 aromatic rings. The number of nitrogens with zero attached hydrogens (tertiary/aromatic N) is 1. The van der Waals surface area contributed by atoms with Crippen molar-refractivity contribution in [1.29, 1.82) is 0 Å². The minimum Gasteiger partial charge on any atom is -0.455 e. The summed E-state index contributed by atoms with van der Waals surface area (Å²) >= 11 is 3.45. The third-order valence-corrected chi connectivity index (χ3v) is 6.18. The van der Waals surface area contributed by atoms with Crippen LogP contribution < -0.4 is 10.2 Å². The second-order valence-corrected chi connectivity index (χ2v) is 8.61. The van der Waals surface area contributed by atoms with E-state index >= 15 is 0 Å². The normalized spacial score (nSPS) is 16.0. The topological polar surface area (TPSA) is 75.7 Å². The summed E-state index contributed by atoms with van der Waals surface area (Å²) < 4.78 is 6.16. The Balaban J connectivity index is 1.57. The summed E-state index contributed by atoms with van der Waals surface area (Å²) in [6.07, 6.45) is 0.0818. The highest BCUT2D eigenvalue weighted by Crippen LogP contribution is 2.28. The van der Waals surface area contributed by atoms with Crippen molar-refractivity contribution in [2.75, 3.05) is 23.4 Å². The first-order chi connectivity index (χ1) is 14.2. The van der Waals surface area contributed by atoms with E-state index in [9.17, 15) is 14.4 Å². The Morgan fingerprint density at radius 2 is 1.77 bits per heavy atom. The van der Waals surface area contributed by atoms with Crippen LogP contribution in [0.1, 0.15) is 28.7 Å². The SMILES string of the molecule is Cc1cc(C)cc(N2C[C@H](C(=O)OCC(=O)Nc3ccc(Br)c(C)c3C)CC2=O)c1. The fourth-order valence-corrected chi connectivity index (χ4v) is 4.01. The summed E-state index contributed by atoms with van der Waals surface area (Å²) in [6, 6.07) is 9.53. The zero-order valence-corrected chi connectivity index (χ0v) is 19.1. The lowest BCUT2D eigenvalue weighted by Gasteiger charge is -2.18. The molecule has 1 heterocycles. The van der Waals surface area contributed by atoms with Gasteiger partial charge in [0.2, 0.25) is 5.91 Å². The minimum atomic E-state index is -0.581. The van der Waals surface area contributed by atoms with Crippen molar-refractivity contribution in [3.63, 3.8) is 0 Å².